The molecule has 0 radical (unpaired) electrons. The first-order valence-corrected chi connectivity index (χ1v) is 17.7. The molecule has 0 unspecified atom stereocenters. The van der Waals surface area contributed by atoms with Crippen LogP contribution in [0.3, 0.4) is 0 Å². The number of thiophene rings is 1. The van der Waals surface area contributed by atoms with Crippen molar-refractivity contribution in [1.29, 1.82) is 0 Å². The molecule has 1 aromatic rings. The first-order chi connectivity index (χ1) is 17.7. The summed E-state index contributed by atoms with van der Waals surface area (Å²) in [5.74, 6) is 0. The van der Waals surface area contributed by atoms with Gasteiger partial charge in [-0.15, -0.1) is 11.3 Å². The zero-order valence-electron chi connectivity index (χ0n) is 22.8. The lowest BCUT2D eigenvalue weighted by Crippen LogP contribution is -2.33. The Morgan fingerprint density at radius 1 is 0.973 bits per heavy atom. The van der Waals surface area contributed by atoms with E-state index in [1.54, 1.807) is 6.92 Å². The molecule has 0 aliphatic carbocycles. The summed E-state index contributed by atoms with van der Waals surface area (Å²) in [5.41, 5.74) is 0.562. The molecule has 2 rings (SSSR count). The van der Waals surface area contributed by atoms with Crippen molar-refractivity contribution in [3.63, 3.8) is 0 Å². The molecule has 0 saturated heterocycles. The Labute approximate surface area is 229 Å². The minimum absolute atomic E-state index is 0.00867. The van der Waals surface area contributed by atoms with Gasteiger partial charge in [-0.05, 0) is 70.9 Å². The van der Waals surface area contributed by atoms with Gasteiger partial charge in [-0.2, -0.15) is 12.8 Å². The van der Waals surface area contributed by atoms with Crippen molar-refractivity contribution in [3.05, 3.63) is 35.9 Å². The Balaban J connectivity index is 1.69. The monoisotopic (exact) mass is 570 g/mol. The van der Waals surface area contributed by atoms with Crippen LogP contribution in [0.2, 0.25) is 0 Å². The number of allylic oxidation sites excluding steroid dienone is 4. The second-order valence-electron chi connectivity index (χ2n) is 9.79. The Morgan fingerprint density at radius 3 is 2.24 bits per heavy atom. The molecule has 6 nitrogen and oxygen atoms in total. The lowest BCUT2D eigenvalue weighted by Gasteiger charge is -2.27. The van der Waals surface area contributed by atoms with Gasteiger partial charge in [-0.1, -0.05) is 70.3 Å². The number of rotatable bonds is 18. The first kappa shape index (κ1) is 31.9. The summed E-state index contributed by atoms with van der Waals surface area (Å²) in [7, 11) is -7.41. The zero-order chi connectivity index (χ0) is 27.2. The van der Waals surface area contributed by atoms with E-state index < -0.39 is 25.1 Å². The Bertz CT molecular complexity index is 1100. The predicted octanol–water partition coefficient (Wildman–Crippen LogP) is 7.54. The Kier molecular flexibility index (Phi) is 14.3. The molecular weight excluding hydrogens is 525 g/mol. The number of hydrogen-bond acceptors (Lipinski definition) is 6. The smallest absolute Gasteiger partial charge is 0.291 e. The van der Waals surface area contributed by atoms with Crippen LogP contribution in [0, 0.1) is 0 Å². The van der Waals surface area contributed by atoms with E-state index in [0.717, 1.165) is 43.4 Å². The third kappa shape index (κ3) is 10.4. The number of unbranched alkanes of at least 4 members (excludes halogenated alkanes) is 9. The number of sulfonamides is 1. The fraction of sp³-hybridized carbons (Fsp3) is 0.679. The fourth-order valence-electron chi connectivity index (χ4n) is 4.42. The summed E-state index contributed by atoms with van der Waals surface area (Å²) in [4.78, 5) is 0. The van der Waals surface area contributed by atoms with Crippen LogP contribution >= 0.6 is 11.3 Å². The predicted molar refractivity (Wildman–Crippen MR) is 157 cm³/mol. The normalized spacial score (nSPS) is 19.9. The maximum absolute atomic E-state index is 12.8. The van der Waals surface area contributed by atoms with Gasteiger partial charge in [0, 0.05) is 17.8 Å². The summed E-state index contributed by atoms with van der Waals surface area (Å²) in [6, 6.07) is 1.34. The summed E-state index contributed by atoms with van der Waals surface area (Å²) >= 11 is 0.833. The maximum atomic E-state index is 12.8. The SMILES string of the molecule is CCCCC/C=C/C/C=C/CCCCCCC/C=N\S(=O)(=O)c1cc2c(s1)S(=O)(=O)[C@@H](C)C[C@@H]2NCC. The van der Waals surface area contributed by atoms with Gasteiger partial charge in [0.2, 0.25) is 0 Å². The van der Waals surface area contributed by atoms with E-state index in [1.807, 2.05) is 6.92 Å². The maximum Gasteiger partial charge on any atom is 0.291 e. The van der Waals surface area contributed by atoms with E-state index in [4.69, 9.17) is 0 Å². The minimum atomic E-state index is -3.90. The molecule has 1 aromatic heterocycles. The highest BCUT2D eigenvalue weighted by Crippen LogP contribution is 2.43. The van der Waals surface area contributed by atoms with Crippen LogP contribution in [-0.4, -0.2) is 34.8 Å². The molecule has 0 fully saturated rings. The lowest BCUT2D eigenvalue weighted by atomic mass is 10.1. The van der Waals surface area contributed by atoms with E-state index in [2.05, 4.69) is 40.9 Å². The van der Waals surface area contributed by atoms with E-state index in [9.17, 15) is 16.8 Å². The van der Waals surface area contributed by atoms with Crippen molar-refractivity contribution < 1.29 is 16.8 Å². The second kappa shape index (κ2) is 16.6. The van der Waals surface area contributed by atoms with Crippen LogP contribution < -0.4 is 5.32 Å². The van der Waals surface area contributed by atoms with Crippen molar-refractivity contribution in [2.45, 2.75) is 124 Å². The minimum Gasteiger partial charge on any atom is -0.310 e. The third-order valence-electron chi connectivity index (χ3n) is 6.64. The summed E-state index contributed by atoms with van der Waals surface area (Å²) in [6.45, 7) is 6.54. The lowest BCUT2D eigenvalue weighted by molar-refractivity contribution is 0.477. The number of nitrogens with zero attached hydrogens (tertiary/aromatic N) is 1. The molecule has 1 aliphatic rings. The molecule has 1 N–H and O–H groups in total. The first-order valence-electron chi connectivity index (χ1n) is 13.9. The number of hydrogen-bond donors (Lipinski definition) is 1. The fourth-order valence-corrected chi connectivity index (χ4v) is 9.31. The van der Waals surface area contributed by atoms with Gasteiger partial charge in [-0.25, -0.2) is 8.42 Å². The van der Waals surface area contributed by atoms with Gasteiger partial charge in [0.15, 0.2) is 9.84 Å². The number of sulfone groups is 1. The average molecular weight is 571 g/mol. The van der Waals surface area contributed by atoms with Gasteiger partial charge in [0.25, 0.3) is 10.0 Å². The molecular formula is C28H46N2O4S3. The van der Waals surface area contributed by atoms with Crippen molar-refractivity contribution in [1.82, 2.24) is 5.32 Å². The molecule has 37 heavy (non-hydrogen) atoms. The van der Waals surface area contributed by atoms with Crippen molar-refractivity contribution in [2.75, 3.05) is 6.54 Å². The summed E-state index contributed by atoms with van der Waals surface area (Å²) < 4.78 is 55.0. The molecule has 0 spiro atoms. The Hall–Kier alpha value is -1.29. The van der Waals surface area contributed by atoms with Crippen LogP contribution in [0.4, 0.5) is 0 Å². The van der Waals surface area contributed by atoms with Gasteiger partial charge in [0.1, 0.15) is 8.42 Å². The standard InChI is InChI=1S/C28H46N2O4S3/c1-4-6-7-8-9-10-11-12-13-14-15-16-17-18-19-20-21-30-37(33,34)27-23-25-26(29-5-2)22-24(3)36(31,32)28(25)35-27/h9-10,12-13,21,23-24,26,29H,4-8,11,14-20,22H2,1-3H3/b10-9+,13-12+,30-21-/t24-,26-/m0/s1. The topological polar surface area (TPSA) is 92.7 Å². The number of nitrogens with one attached hydrogen (secondary N) is 1. The van der Waals surface area contributed by atoms with Crippen LogP contribution in [0.25, 0.3) is 0 Å². The molecule has 0 saturated carbocycles. The summed E-state index contributed by atoms with van der Waals surface area (Å²) in [5, 5.41) is 2.74. The van der Waals surface area contributed by atoms with Crippen molar-refractivity contribution >= 4 is 37.4 Å². The average Bonchev–Trinajstić information content (AvgIpc) is 3.33. The van der Waals surface area contributed by atoms with E-state index in [0.29, 0.717) is 24.9 Å². The van der Waals surface area contributed by atoms with Crippen LogP contribution in [0.15, 0.2) is 43.2 Å². The van der Waals surface area contributed by atoms with E-state index in [1.165, 1.54) is 50.8 Å². The van der Waals surface area contributed by atoms with Gasteiger partial charge < -0.3 is 5.32 Å². The molecule has 1 aliphatic heterocycles. The molecule has 0 aromatic carbocycles. The van der Waals surface area contributed by atoms with Gasteiger partial charge >= 0.3 is 0 Å². The molecule has 210 valence electrons. The van der Waals surface area contributed by atoms with Gasteiger partial charge in [0.05, 0.1) is 5.25 Å². The number of fused-ring (bicyclic) bond motifs is 1. The van der Waals surface area contributed by atoms with Crippen LogP contribution in [0.5, 0.6) is 0 Å². The van der Waals surface area contributed by atoms with Crippen LogP contribution in [-0.2, 0) is 19.9 Å². The molecule has 0 bridgehead atoms. The molecule has 9 heteroatoms. The highest BCUT2D eigenvalue weighted by molar-refractivity contribution is 7.96. The second-order valence-corrected chi connectivity index (χ2v) is 15.3. The van der Waals surface area contributed by atoms with Gasteiger partial charge in [-0.3, -0.25) is 0 Å². The van der Waals surface area contributed by atoms with E-state index >= 15 is 0 Å². The van der Waals surface area contributed by atoms with Crippen molar-refractivity contribution in [2.24, 2.45) is 4.40 Å². The van der Waals surface area contributed by atoms with E-state index in [-0.39, 0.29) is 14.5 Å². The molecule has 2 heterocycles. The van der Waals surface area contributed by atoms with Crippen LogP contribution in [0.1, 0.15) is 116 Å². The largest absolute Gasteiger partial charge is 0.310 e. The molecule has 2 atom stereocenters. The summed E-state index contributed by atoms with van der Waals surface area (Å²) in [6.07, 6.45) is 24.2. The molecule has 0 amide bonds. The highest BCUT2D eigenvalue weighted by atomic mass is 32.3. The third-order valence-corrected chi connectivity index (χ3v) is 12.3. The quantitative estimate of drug-likeness (QED) is 0.112. The zero-order valence-corrected chi connectivity index (χ0v) is 25.3. The highest BCUT2D eigenvalue weighted by Gasteiger charge is 2.39. The Morgan fingerprint density at radius 2 is 1.59 bits per heavy atom. The van der Waals surface area contributed by atoms with Crippen molar-refractivity contribution in [3.8, 4) is 0 Å².